The maximum absolute atomic E-state index is 10.8. The van der Waals surface area contributed by atoms with E-state index in [1.807, 2.05) is 6.07 Å². The summed E-state index contributed by atoms with van der Waals surface area (Å²) >= 11 is 0. The Hall–Kier alpha value is -1.06. The van der Waals surface area contributed by atoms with Crippen molar-refractivity contribution in [1.82, 2.24) is 4.90 Å². The summed E-state index contributed by atoms with van der Waals surface area (Å²) in [7, 11) is 0. The van der Waals surface area contributed by atoms with Crippen molar-refractivity contribution >= 4 is 0 Å². The van der Waals surface area contributed by atoms with Crippen LogP contribution in [-0.2, 0) is 0 Å². The molecule has 1 N–H and O–H groups in total. The van der Waals surface area contributed by atoms with E-state index in [1.54, 1.807) is 0 Å². The summed E-state index contributed by atoms with van der Waals surface area (Å²) in [6, 6.07) is 6.97. The number of rotatable bonds is 4. The number of likely N-dealkylation sites (tertiary alicyclic amines) is 1. The zero-order valence-electron chi connectivity index (χ0n) is 14.7. The molecular formula is C20H31NO2. The first-order chi connectivity index (χ1) is 11.1. The average molecular weight is 317 g/mol. The van der Waals surface area contributed by atoms with Crippen LogP contribution in [-0.4, -0.2) is 41.3 Å². The molecule has 0 amide bonds. The third kappa shape index (κ3) is 4.27. The smallest absolute Gasteiger partial charge is 0.122 e. The van der Waals surface area contributed by atoms with Gasteiger partial charge in [0.25, 0.3) is 0 Å². The number of benzene rings is 1. The minimum Gasteiger partial charge on any atom is -0.490 e. The topological polar surface area (TPSA) is 32.7 Å². The summed E-state index contributed by atoms with van der Waals surface area (Å²) in [6.45, 7) is 6.59. The van der Waals surface area contributed by atoms with Gasteiger partial charge in [-0.15, -0.1) is 0 Å². The van der Waals surface area contributed by atoms with Gasteiger partial charge in [0.05, 0.1) is 0 Å². The molecule has 1 saturated carbocycles. The lowest BCUT2D eigenvalue weighted by Crippen LogP contribution is -2.51. The van der Waals surface area contributed by atoms with E-state index in [4.69, 9.17) is 4.74 Å². The maximum atomic E-state index is 10.8. The van der Waals surface area contributed by atoms with Crippen LogP contribution in [0.3, 0.4) is 0 Å². The third-order valence-corrected chi connectivity index (χ3v) is 5.65. The highest BCUT2D eigenvalue weighted by Crippen LogP contribution is 2.30. The predicted molar refractivity (Wildman–Crippen MR) is 94.0 cm³/mol. The molecule has 2 aliphatic rings. The molecule has 0 bridgehead atoms. The van der Waals surface area contributed by atoms with Crippen LogP contribution >= 0.6 is 0 Å². The predicted octanol–water partition coefficient (Wildman–Crippen LogP) is 3.84. The number of aryl methyl sites for hydroxylation is 2. The van der Waals surface area contributed by atoms with Gasteiger partial charge in [0.2, 0.25) is 0 Å². The summed E-state index contributed by atoms with van der Waals surface area (Å²) < 4.78 is 5.95. The molecule has 2 fully saturated rings. The van der Waals surface area contributed by atoms with E-state index in [0.29, 0.717) is 6.61 Å². The Morgan fingerprint density at radius 1 is 1.13 bits per heavy atom. The van der Waals surface area contributed by atoms with Gasteiger partial charge >= 0.3 is 0 Å². The fourth-order valence-corrected chi connectivity index (χ4v) is 4.07. The molecule has 0 unspecified atom stereocenters. The van der Waals surface area contributed by atoms with Gasteiger partial charge in [-0.2, -0.15) is 0 Å². The normalized spacial score (nSPS) is 22.9. The Morgan fingerprint density at radius 2 is 1.83 bits per heavy atom. The summed E-state index contributed by atoms with van der Waals surface area (Å²) in [4.78, 5) is 2.60. The molecule has 0 aromatic heterocycles. The highest BCUT2D eigenvalue weighted by atomic mass is 16.5. The molecule has 23 heavy (non-hydrogen) atoms. The number of ether oxygens (including phenoxy) is 1. The lowest BCUT2D eigenvalue weighted by Gasteiger charge is -2.42. The lowest BCUT2D eigenvalue weighted by molar-refractivity contribution is -0.0619. The number of hydrogen-bond acceptors (Lipinski definition) is 3. The van der Waals surface area contributed by atoms with Crippen LogP contribution in [0.15, 0.2) is 18.2 Å². The van der Waals surface area contributed by atoms with Crippen LogP contribution < -0.4 is 4.74 Å². The van der Waals surface area contributed by atoms with Crippen molar-refractivity contribution in [2.24, 2.45) is 0 Å². The van der Waals surface area contributed by atoms with Gasteiger partial charge in [-0.25, -0.2) is 0 Å². The van der Waals surface area contributed by atoms with Gasteiger partial charge < -0.3 is 14.7 Å². The molecule has 0 radical (unpaired) electrons. The summed E-state index contributed by atoms with van der Waals surface area (Å²) in [5.41, 5.74) is 1.73. The van der Waals surface area contributed by atoms with Gasteiger partial charge in [-0.05, 0) is 51.2 Å². The van der Waals surface area contributed by atoms with Crippen LogP contribution in [0, 0.1) is 13.8 Å². The number of aliphatic hydroxyl groups is 1. The SMILES string of the molecule is Cc1ccc(OCC2(O)CCN(C3CCCCC3)CC2)c(C)c1. The maximum Gasteiger partial charge on any atom is 0.122 e. The fourth-order valence-electron chi connectivity index (χ4n) is 4.07. The summed E-state index contributed by atoms with van der Waals surface area (Å²) in [5.74, 6) is 0.902. The molecule has 1 saturated heterocycles. The molecule has 3 nitrogen and oxygen atoms in total. The van der Waals surface area contributed by atoms with E-state index in [1.165, 1.54) is 37.7 Å². The van der Waals surface area contributed by atoms with E-state index in [-0.39, 0.29) is 0 Å². The standard InChI is InChI=1S/C20H31NO2/c1-16-8-9-19(17(2)14-16)23-15-20(22)10-12-21(13-11-20)18-6-4-3-5-7-18/h8-9,14,18,22H,3-7,10-13,15H2,1-2H3. The quantitative estimate of drug-likeness (QED) is 0.916. The zero-order valence-corrected chi connectivity index (χ0v) is 14.7. The van der Waals surface area contributed by atoms with Crippen molar-refractivity contribution in [2.45, 2.75) is 70.4 Å². The summed E-state index contributed by atoms with van der Waals surface area (Å²) in [5, 5.41) is 10.8. The molecule has 1 aliphatic heterocycles. The minimum atomic E-state index is -0.664. The van der Waals surface area contributed by atoms with Crippen molar-refractivity contribution < 1.29 is 9.84 Å². The first-order valence-electron chi connectivity index (χ1n) is 9.22. The molecule has 1 aromatic carbocycles. The molecule has 3 rings (SSSR count). The first-order valence-corrected chi connectivity index (χ1v) is 9.22. The largest absolute Gasteiger partial charge is 0.490 e. The second kappa shape index (κ2) is 7.23. The molecule has 1 aromatic rings. The highest BCUT2D eigenvalue weighted by molar-refractivity contribution is 5.35. The van der Waals surface area contributed by atoms with E-state index in [9.17, 15) is 5.11 Å². The van der Waals surface area contributed by atoms with Crippen LogP contribution in [0.2, 0.25) is 0 Å². The van der Waals surface area contributed by atoms with Crippen LogP contribution in [0.4, 0.5) is 0 Å². The van der Waals surface area contributed by atoms with E-state index < -0.39 is 5.60 Å². The summed E-state index contributed by atoms with van der Waals surface area (Å²) in [6.07, 6.45) is 8.50. The van der Waals surface area contributed by atoms with Gasteiger partial charge in [0, 0.05) is 19.1 Å². The van der Waals surface area contributed by atoms with Gasteiger partial charge in [0.15, 0.2) is 0 Å². The van der Waals surface area contributed by atoms with Crippen LogP contribution in [0.5, 0.6) is 5.75 Å². The van der Waals surface area contributed by atoms with Crippen molar-refractivity contribution in [3.8, 4) is 5.75 Å². The Bertz CT molecular complexity index is 514. The monoisotopic (exact) mass is 317 g/mol. The molecule has 128 valence electrons. The molecular weight excluding hydrogens is 286 g/mol. The lowest BCUT2D eigenvalue weighted by atomic mass is 9.88. The van der Waals surface area contributed by atoms with E-state index >= 15 is 0 Å². The average Bonchev–Trinajstić information content (AvgIpc) is 2.56. The van der Waals surface area contributed by atoms with Gasteiger partial charge in [-0.3, -0.25) is 0 Å². The molecule has 1 aliphatic carbocycles. The Balaban J connectivity index is 1.51. The zero-order chi connectivity index (χ0) is 16.3. The second-order valence-electron chi connectivity index (χ2n) is 7.61. The van der Waals surface area contributed by atoms with Crippen LogP contribution in [0.1, 0.15) is 56.1 Å². The minimum absolute atomic E-state index is 0.412. The Morgan fingerprint density at radius 3 is 2.48 bits per heavy atom. The van der Waals surface area contributed by atoms with Gasteiger partial charge in [-0.1, -0.05) is 37.0 Å². The fraction of sp³-hybridized carbons (Fsp3) is 0.700. The van der Waals surface area contributed by atoms with Crippen molar-refractivity contribution in [2.75, 3.05) is 19.7 Å². The first kappa shape index (κ1) is 16.8. The van der Waals surface area contributed by atoms with Crippen molar-refractivity contribution in [1.29, 1.82) is 0 Å². The molecule has 3 heteroatoms. The Labute approximate surface area is 140 Å². The third-order valence-electron chi connectivity index (χ3n) is 5.65. The van der Waals surface area contributed by atoms with Gasteiger partial charge in [0.1, 0.15) is 18.0 Å². The number of piperidine rings is 1. The van der Waals surface area contributed by atoms with Crippen LogP contribution in [0.25, 0.3) is 0 Å². The van der Waals surface area contributed by atoms with Crippen molar-refractivity contribution in [3.63, 3.8) is 0 Å². The number of nitrogens with zero attached hydrogens (tertiary/aromatic N) is 1. The Kier molecular flexibility index (Phi) is 5.27. The number of hydrogen-bond donors (Lipinski definition) is 1. The highest BCUT2D eigenvalue weighted by Gasteiger charge is 2.35. The molecule has 1 heterocycles. The molecule has 0 atom stereocenters. The second-order valence-corrected chi connectivity index (χ2v) is 7.61. The van der Waals surface area contributed by atoms with E-state index in [2.05, 4.69) is 30.9 Å². The molecule has 0 spiro atoms. The van der Waals surface area contributed by atoms with Crippen molar-refractivity contribution in [3.05, 3.63) is 29.3 Å². The van der Waals surface area contributed by atoms with E-state index in [0.717, 1.165) is 43.3 Å².